The number of ketones is 2. The molecule has 1 aliphatic carbocycles. The molecule has 0 heterocycles. The summed E-state index contributed by atoms with van der Waals surface area (Å²) in [7, 11) is 3.41. The summed E-state index contributed by atoms with van der Waals surface area (Å²) in [4.78, 5) is 30.7. The SMILES string of the molecule is CCN(CCCCCC(N)C1=CC(=O)C(C(N)CCCCCN(CC)Cc2ccccc2OC)=CC1=O)Cc1ccccc1OC. The van der Waals surface area contributed by atoms with Crippen LogP contribution in [0.3, 0.4) is 0 Å². The Balaban J connectivity index is 1.35. The highest BCUT2D eigenvalue weighted by Gasteiger charge is 2.27. The molecule has 0 aromatic heterocycles. The Labute approximate surface area is 276 Å². The van der Waals surface area contributed by atoms with Gasteiger partial charge in [0.2, 0.25) is 0 Å². The molecule has 8 heteroatoms. The standard InChI is InChI=1S/C38H56N4O4/c1-5-41(27-29-17-11-13-21-37(29)45-3)23-15-7-9-19-33(39)31-25-36(44)32(26-35(31)43)34(40)20-10-8-16-24-42(6-2)28-30-18-12-14-22-38(30)46-4/h11-14,17-18,21-22,25-26,33-34H,5-10,15-16,19-20,23-24,27-28,39-40H2,1-4H3. The predicted octanol–water partition coefficient (Wildman–Crippen LogP) is 5.83. The first-order valence-electron chi connectivity index (χ1n) is 17.0. The highest BCUT2D eigenvalue weighted by atomic mass is 16.5. The van der Waals surface area contributed by atoms with Gasteiger partial charge in [-0.3, -0.25) is 19.4 Å². The van der Waals surface area contributed by atoms with Crippen molar-refractivity contribution in [2.24, 2.45) is 11.5 Å². The van der Waals surface area contributed by atoms with Crippen LogP contribution in [0.25, 0.3) is 0 Å². The molecular formula is C38H56N4O4. The molecule has 252 valence electrons. The molecule has 1 aliphatic rings. The van der Waals surface area contributed by atoms with E-state index in [1.54, 1.807) is 14.2 Å². The first-order chi connectivity index (χ1) is 22.3. The van der Waals surface area contributed by atoms with Crippen molar-refractivity contribution in [1.82, 2.24) is 9.80 Å². The van der Waals surface area contributed by atoms with Crippen LogP contribution in [0.2, 0.25) is 0 Å². The Morgan fingerprint density at radius 3 is 1.37 bits per heavy atom. The van der Waals surface area contributed by atoms with Gasteiger partial charge in [-0.25, -0.2) is 0 Å². The fourth-order valence-corrected chi connectivity index (χ4v) is 6.08. The number of unbranched alkanes of at least 4 members (excludes halogenated alkanes) is 4. The number of methoxy groups -OCH3 is 2. The Morgan fingerprint density at radius 2 is 1.00 bits per heavy atom. The van der Waals surface area contributed by atoms with Crippen LogP contribution in [0.4, 0.5) is 0 Å². The molecule has 0 radical (unpaired) electrons. The van der Waals surface area contributed by atoms with E-state index in [0.717, 1.165) is 89.3 Å². The number of nitrogens with zero attached hydrogens (tertiary/aromatic N) is 2. The first-order valence-corrected chi connectivity index (χ1v) is 17.0. The average molecular weight is 633 g/mol. The average Bonchev–Trinajstić information content (AvgIpc) is 3.07. The molecule has 0 bridgehead atoms. The number of allylic oxidation sites excluding steroid dienone is 2. The van der Waals surface area contributed by atoms with Crippen LogP contribution in [0, 0.1) is 0 Å². The highest BCUT2D eigenvalue weighted by Crippen LogP contribution is 2.23. The third-order valence-corrected chi connectivity index (χ3v) is 8.99. The summed E-state index contributed by atoms with van der Waals surface area (Å²) in [6.45, 7) is 9.92. The second-order valence-electron chi connectivity index (χ2n) is 12.2. The molecular weight excluding hydrogens is 576 g/mol. The van der Waals surface area contributed by atoms with E-state index in [0.29, 0.717) is 24.0 Å². The van der Waals surface area contributed by atoms with E-state index >= 15 is 0 Å². The Morgan fingerprint density at radius 1 is 0.609 bits per heavy atom. The maximum absolute atomic E-state index is 13.0. The largest absolute Gasteiger partial charge is 0.496 e. The van der Waals surface area contributed by atoms with E-state index in [1.165, 1.54) is 23.3 Å². The smallest absolute Gasteiger partial charge is 0.184 e. The second-order valence-corrected chi connectivity index (χ2v) is 12.2. The van der Waals surface area contributed by atoms with Crippen LogP contribution in [0.5, 0.6) is 11.5 Å². The summed E-state index contributed by atoms with van der Waals surface area (Å²) in [6.07, 6.45) is 10.1. The van der Waals surface area contributed by atoms with Gasteiger partial charge in [0.25, 0.3) is 0 Å². The van der Waals surface area contributed by atoms with Crippen molar-refractivity contribution >= 4 is 11.6 Å². The van der Waals surface area contributed by atoms with Gasteiger partial charge in [0, 0.05) is 47.4 Å². The number of carbonyl (C=O) groups excluding carboxylic acids is 2. The zero-order valence-corrected chi connectivity index (χ0v) is 28.5. The Bertz CT molecular complexity index is 1210. The van der Waals surface area contributed by atoms with Crippen LogP contribution in [0.15, 0.2) is 71.8 Å². The molecule has 3 rings (SSSR count). The molecule has 4 N–H and O–H groups in total. The summed E-state index contributed by atoms with van der Waals surface area (Å²) < 4.78 is 11.0. The molecule has 0 aliphatic heterocycles. The van der Waals surface area contributed by atoms with Gasteiger partial charge in [0.15, 0.2) is 11.6 Å². The lowest BCUT2D eigenvalue weighted by molar-refractivity contribution is -0.115. The number of nitrogens with two attached hydrogens (primary N) is 2. The lowest BCUT2D eigenvalue weighted by atomic mass is 9.86. The topological polar surface area (TPSA) is 111 Å². The van der Waals surface area contributed by atoms with E-state index in [-0.39, 0.29) is 11.6 Å². The van der Waals surface area contributed by atoms with Crippen molar-refractivity contribution < 1.29 is 19.1 Å². The fourth-order valence-electron chi connectivity index (χ4n) is 6.08. The maximum Gasteiger partial charge on any atom is 0.184 e. The van der Waals surface area contributed by atoms with Crippen LogP contribution in [0.1, 0.15) is 76.3 Å². The van der Waals surface area contributed by atoms with Gasteiger partial charge in [-0.2, -0.15) is 0 Å². The number of carbonyl (C=O) groups is 2. The minimum Gasteiger partial charge on any atom is -0.496 e. The van der Waals surface area contributed by atoms with Gasteiger partial charge in [-0.15, -0.1) is 0 Å². The Hall–Kier alpha value is -3.30. The van der Waals surface area contributed by atoms with E-state index in [9.17, 15) is 9.59 Å². The van der Waals surface area contributed by atoms with Crippen molar-refractivity contribution in [3.8, 4) is 11.5 Å². The number of benzene rings is 2. The Kier molecular flexibility index (Phi) is 16.2. The zero-order chi connectivity index (χ0) is 33.3. The van der Waals surface area contributed by atoms with Crippen molar-refractivity contribution in [3.05, 3.63) is 83.0 Å². The van der Waals surface area contributed by atoms with Gasteiger partial charge in [0.05, 0.1) is 14.2 Å². The number of ether oxygens (including phenoxy) is 2. The third kappa shape index (κ3) is 11.5. The lowest BCUT2D eigenvalue weighted by Crippen LogP contribution is -2.34. The van der Waals surface area contributed by atoms with Gasteiger partial charge in [0.1, 0.15) is 11.5 Å². The fraction of sp³-hybridized carbons (Fsp3) is 0.526. The molecule has 0 saturated carbocycles. The van der Waals surface area contributed by atoms with Gasteiger partial charge >= 0.3 is 0 Å². The van der Waals surface area contributed by atoms with E-state index in [2.05, 4.69) is 35.8 Å². The lowest BCUT2D eigenvalue weighted by Gasteiger charge is -2.23. The minimum atomic E-state index is -0.446. The highest BCUT2D eigenvalue weighted by molar-refractivity contribution is 6.20. The molecule has 0 fully saturated rings. The molecule has 0 spiro atoms. The van der Waals surface area contributed by atoms with Crippen molar-refractivity contribution in [2.75, 3.05) is 40.4 Å². The summed E-state index contributed by atoms with van der Waals surface area (Å²) in [6, 6.07) is 15.4. The monoisotopic (exact) mass is 632 g/mol. The molecule has 0 amide bonds. The summed E-state index contributed by atoms with van der Waals surface area (Å²) in [5.74, 6) is 1.48. The normalized spacial score (nSPS) is 14.8. The third-order valence-electron chi connectivity index (χ3n) is 8.99. The quantitative estimate of drug-likeness (QED) is 0.123. The minimum absolute atomic E-state index is 0.179. The molecule has 46 heavy (non-hydrogen) atoms. The first kappa shape index (κ1) is 37.2. The van der Waals surface area contributed by atoms with Gasteiger partial charge in [-0.05, 0) is 76.1 Å². The van der Waals surface area contributed by atoms with Crippen LogP contribution in [-0.2, 0) is 22.7 Å². The molecule has 0 saturated heterocycles. The summed E-state index contributed by atoms with van der Waals surface area (Å²) in [5.41, 5.74) is 16.0. The van der Waals surface area contributed by atoms with E-state index < -0.39 is 12.1 Å². The summed E-state index contributed by atoms with van der Waals surface area (Å²) >= 11 is 0. The molecule has 2 aromatic rings. The van der Waals surface area contributed by atoms with Crippen molar-refractivity contribution in [3.63, 3.8) is 0 Å². The van der Waals surface area contributed by atoms with Crippen LogP contribution >= 0.6 is 0 Å². The molecule has 2 atom stereocenters. The number of hydrogen-bond donors (Lipinski definition) is 2. The second kappa shape index (κ2) is 20.0. The van der Waals surface area contributed by atoms with Gasteiger partial charge < -0.3 is 20.9 Å². The molecule has 2 unspecified atom stereocenters. The number of rotatable bonds is 22. The van der Waals surface area contributed by atoms with Crippen LogP contribution in [-0.4, -0.2) is 73.8 Å². The van der Waals surface area contributed by atoms with Crippen molar-refractivity contribution in [1.29, 1.82) is 0 Å². The predicted molar refractivity (Wildman–Crippen MR) is 187 cm³/mol. The van der Waals surface area contributed by atoms with E-state index in [4.69, 9.17) is 20.9 Å². The van der Waals surface area contributed by atoms with Crippen molar-refractivity contribution in [2.45, 2.75) is 90.4 Å². The number of para-hydroxylation sites is 2. The molecule has 2 aromatic carbocycles. The molecule has 8 nitrogen and oxygen atoms in total. The van der Waals surface area contributed by atoms with Crippen LogP contribution < -0.4 is 20.9 Å². The summed E-state index contributed by atoms with van der Waals surface area (Å²) in [5, 5.41) is 0. The van der Waals surface area contributed by atoms with Gasteiger partial charge in [-0.1, -0.05) is 75.9 Å². The zero-order valence-electron chi connectivity index (χ0n) is 28.5. The number of hydrogen-bond acceptors (Lipinski definition) is 8. The maximum atomic E-state index is 13.0. The van der Waals surface area contributed by atoms with E-state index in [1.807, 2.05) is 36.4 Å².